The molecule has 0 radical (unpaired) electrons. The van der Waals surface area contributed by atoms with Crippen molar-refractivity contribution in [2.75, 3.05) is 13.2 Å². The van der Waals surface area contributed by atoms with Crippen LogP contribution in [-0.4, -0.2) is 30.1 Å². The van der Waals surface area contributed by atoms with E-state index >= 15 is 0 Å². The number of carbonyl (C=O) groups is 2. The monoisotopic (exact) mass is 557 g/mol. The highest BCUT2D eigenvalue weighted by atomic mass is 79.9. The maximum Gasteiger partial charge on any atom is 0.276 e. The minimum Gasteiger partial charge on any atom is -0.494 e. The second-order valence-corrected chi connectivity index (χ2v) is 8.98. The van der Waals surface area contributed by atoms with Crippen LogP contribution < -0.4 is 25.6 Å². The van der Waals surface area contributed by atoms with Crippen molar-refractivity contribution in [2.45, 2.75) is 32.6 Å². The molecule has 3 rings (SSSR count). The lowest BCUT2D eigenvalue weighted by molar-refractivity contribution is -0.123. The Balaban J connectivity index is 1.39. The molecule has 0 fully saturated rings. The lowest BCUT2D eigenvalue weighted by Crippen LogP contribution is -2.49. The van der Waals surface area contributed by atoms with E-state index in [2.05, 4.69) is 39.0 Å². The van der Waals surface area contributed by atoms with Crippen molar-refractivity contribution in [2.24, 2.45) is 0 Å². The van der Waals surface area contributed by atoms with Crippen LogP contribution in [0, 0.1) is 0 Å². The van der Waals surface area contributed by atoms with E-state index in [4.69, 9.17) is 21.7 Å². The summed E-state index contributed by atoms with van der Waals surface area (Å²) < 4.78 is 12.1. The molecule has 0 atom stereocenters. The van der Waals surface area contributed by atoms with Crippen LogP contribution in [0.3, 0.4) is 0 Å². The molecule has 0 saturated carbocycles. The average Bonchev–Trinajstić information content (AvgIpc) is 2.87. The Morgan fingerprint density at radius 3 is 2.46 bits per heavy atom. The largest absolute Gasteiger partial charge is 0.494 e. The molecule has 35 heavy (non-hydrogen) atoms. The predicted octanol–water partition coefficient (Wildman–Crippen LogP) is 5.28. The van der Waals surface area contributed by atoms with E-state index in [0.717, 1.165) is 28.1 Å². The van der Waals surface area contributed by atoms with Crippen LogP contribution in [0.2, 0.25) is 0 Å². The van der Waals surface area contributed by atoms with E-state index in [1.807, 2.05) is 30.3 Å². The maximum atomic E-state index is 12.4. The van der Waals surface area contributed by atoms with E-state index in [1.165, 1.54) is 12.8 Å². The molecule has 9 heteroatoms. The molecule has 0 saturated heterocycles. The number of hydrazine groups is 1. The van der Waals surface area contributed by atoms with E-state index < -0.39 is 11.8 Å². The third-order valence-corrected chi connectivity index (χ3v) is 6.13. The van der Waals surface area contributed by atoms with Crippen molar-refractivity contribution in [1.82, 2.24) is 16.2 Å². The van der Waals surface area contributed by atoms with Crippen molar-refractivity contribution in [1.29, 1.82) is 0 Å². The highest BCUT2D eigenvalue weighted by Crippen LogP contribution is 2.32. The van der Waals surface area contributed by atoms with Gasteiger partial charge in [-0.1, -0.05) is 56.5 Å². The molecule has 0 aromatic heterocycles. The third-order valence-electron chi connectivity index (χ3n) is 5.11. The molecule has 7 nitrogen and oxygen atoms in total. The van der Waals surface area contributed by atoms with Gasteiger partial charge in [0.15, 0.2) is 11.7 Å². The zero-order chi connectivity index (χ0) is 25.0. The molecule has 0 aliphatic carbocycles. The summed E-state index contributed by atoms with van der Waals surface area (Å²) in [6.45, 7) is 2.59. The van der Waals surface area contributed by atoms with Crippen LogP contribution in [0.25, 0.3) is 10.8 Å². The van der Waals surface area contributed by atoms with Gasteiger partial charge in [0.05, 0.1) is 11.1 Å². The lowest BCUT2D eigenvalue weighted by Gasteiger charge is -2.13. The second-order valence-electron chi connectivity index (χ2n) is 7.78. The number of fused-ring (bicyclic) bond motifs is 1. The van der Waals surface area contributed by atoms with Crippen molar-refractivity contribution in [3.63, 3.8) is 0 Å². The van der Waals surface area contributed by atoms with Gasteiger partial charge in [0, 0.05) is 5.56 Å². The minimum atomic E-state index is -0.456. The van der Waals surface area contributed by atoms with E-state index in [9.17, 15) is 9.59 Å². The Bertz CT molecular complexity index is 1170. The number of halogens is 1. The number of ether oxygens (including phenoxy) is 2. The van der Waals surface area contributed by atoms with Gasteiger partial charge >= 0.3 is 0 Å². The highest BCUT2D eigenvalue weighted by molar-refractivity contribution is 9.10. The second kappa shape index (κ2) is 13.7. The lowest BCUT2D eigenvalue weighted by atomic mass is 10.1. The molecule has 0 unspecified atom stereocenters. The Morgan fingerprint density at radius 1 is 0.914 bits per heavy atom. The van der Waals surface area contributed by atoms with Crippen LogP contribution in [0.4, 0.5) is 0 Å². The van der Waals surface area contributed by atoms with Crippen molar-refractivity contribution < 1.29 is 19.1 Å². The average molecular weight is 558 g/mol. The highest BCUT2D eigenvalue weighted by Gasteiger charge is 2.11. The van der Waals surface area contributed by atoms with Gasteiger partial charge in [-0.05, 0) is 75.7 Å². The van der Waals surface area contributed by atoms with Crippen molar-refractivity contribution in [3.05, 3.63) is 70.7 Å². The molecule has 3 aromatic rings. The fraction of sp³-hybridized carbons (Fsp3) is 0.269. The first kappa shape index (κ1) is 26.4. The van der Waals surface area contributed by atoms with Crippen LogP contribution in [0.15, 0.2) is 65.1 Å². The Kier molecular flexibility index (Phi) is 10.3. The fourth-order valence-corrected chi connectivity index (χ4v) is 4.01. The van der Waals surface area contributed by atoms with E-state index in [0.29, 0.717) is 23.7 Å². The number of hydrogen-bond acceptors (Lipinski definition) is 5. The third kappa shape index (κ3) is 8.22. The van der Waals surface area contributed by atoms with E-state index in [-0.39, 0.29) is 11.7 Å². The molecule has 0 aliphatic rings. The fourth-order valence-electron chi connectivity index (χ4n) is 3.26. The number of hydrogen-bond donors (Lipinski definition) is 3. The van der Waals surface area contributed by atoms with Crippen LogP contribution in [-0.2, 0) is 4.79 Å². The van der Waals surface area contributed by atoms with Gasteiger partial charge < -0.3 is 9.47 Å². The quantitative estimate of drug-likeness (QED) is 0.178. The minimum absolute atomic E-state index is 0.0357. The molecule has 0 heterocycles. The van der Waals surface area contributed by atoms with Gasteiger partial charge in [-0.15, -0.1) is 0 Å². The number of amides is 2. The summed E-state index contributed by atoms with van der Waals surface area (Å²) in [7, 11) is 0. The molecular formula is C26H28BrN3O4S. The molecule has 0 bridgehead atoms. The predicted molar refractivity (Wildman–Crippen MR) is 145 cm³/mol. The summed E-state index contributed by atoms with van der Waals surface area (Å²) in [6.07, 6.45) is 4.53. The first-order chi connectivity index (χ1) is 17.0. The van der Waals surface area contributed by atoms with Gasteiger partial charge in [0.2, 0.25) is 0 Å². The standard InChI is InChI=1S/C26H28BrN3O4S/c1-2-3-4-7-16-33-20-13-10-19(11-14-20)25(32)28-26(35)30-29-23(31)17-34-22-15-12-18-8-5-6-9-21(18)24(22)27/h5-6,8-15H,2-4,7,16-17H2,1H3,(H,29,31)(H2,28,30,32,35). The SMILES string of the molecule is CCCCCCOc1ccc(C(=O)NC(=S)NNC(=O)COc2ccc3ccccc3c2Br)cc1. The Hall–Kier alpha value is -3.17. The Labute approximate surface area is 218 Å². The first-order valence-corrected chi connectivity index (χ1v) is 12.6. The molecule has 0 spiro atoms. The normalized spacial score (nSPS) is 10.5. The summed E-state index contributed by atoms with van der Waals surface area (Å²) >= 11 is 8.61. The number of carbonyl (C=O) groups excluding carboxylic acids is 2. The van der Waals surface area contributed by atoms with Gasteiger partial charge in [0.1, 0.15) is 11.5 Å². The van der Waals surface area contributed by atoms with E-state index in [1.54, 1.807) is 30.3 Å². The number of unbranched alkanes of at least 4 members (excludes halogenated alkanes) is 3. The summed E-state index contributed by atoms with van der Waals surface area (Å²) in [5, 5.41) is 4.53. The molecule has 3 N–H and O–H groups in total. The number of nitrogens with one attached hydrogen (secondary N) is 3. The van der Waals surface area contributed by atoms with Gasteiger partial charge in [-0.25, -0.2) is 0 Å². The van der Waals surface area contributed by atoms with Gasteiger partial charge in [0.25, 0.3) is 11.8 Å². The topological polar surface area (TPSA) is 88.7 Å². The smallest absolute Gasteiger partial charge is 0.276 e. The zero-order valence-electron chi connectivity index (χ0n) is 19.4. The summed E-state index contributed by atoms with van der Waals surface area (Å²) in [5.74, 6) is 0.400. The molecular weight excluding hydrogens is 530 g/mol. The van der Waals surface area contributed by atoms with Gasteiger partial charge in [-0.2, -0.15) is 0 Å². The summed E-state index contributed by atoms with van der Waals surface area (Å²) in [6, 6.07) is 18.4. The van der Waals surface area contributed by atoms with Crippen LogP contribution in [0.5, 0.6) is 11.5 Å². The molecule has 2 amide bonds. The number of rotatable bonds is 10. The van der Waals surface area contributed by atoms with Crippen molar-refractivity contribution in [3.8, 4) is 11.5 Å². The molecule has 3 aromatic carbocycles. The number of benzene rings is 3. The van der Waals surface area contributed by atoms with Crippen LogP contribution in [0.1, 0.15) is 43.0 Å². The summed E-state index contributed by atoms with van der Waals surface area (Å²) in [5.41, 5.74) is 5.33. The Morgan fingerprint density at radius 2 is 1.69 bits per heavy atom. The first-order valence-electron chi connectivity index (χ1n) is 11.4. The maximum absolute atomic E-state index is 12.4. The van der Waals surface area contributed by atoms with Gasteiger partial charge in [-0.3, -0.25) is 25.8 Å². The molecule has 0 aliphatic heterocycles. The summed E-state index contributed by atoms with van der Waals surface area (Å²) in [4.78, 5) is 24.5. The van der Waals surface area contributed by atoms with Crippen molar-refractivity contribution >= 4 is 55.8 Å². The zero-order valence-corrected chi connectivity index (χ0v) is 21.8. The molecule has 184 valence electrons. The van der Waals surface area contributed by atoms with Crippen LogP contribution >= 0.6 is 28.1 Å². The number of thiocarbonyl (C=S) groups is 1.